The van der Waals surface area contributed by atoms with Crippen molar-refractivity contribution in [1.82, 2.24) is 4.90 Å². The minimum absolute atomic E-state index is 0.0865. The van der Waals surface area contributed by atoms with Crippen LogP contribution in [0.3, 0.4) is 0 Å². The molecule has 188 valence electrons. The average Bonchev–Trinajstić information content (AvgIpc) is 2.80. The molecule has 2 aromatic carbocycles. The molecular formula is C27H33NO7. The van der Waals surface area contributed by atoms with Gasteiger partial charge in [0.1, 0.15) is 30.1 Å². The molecule has 1 atom stereocenters. The number of amides is 2. The quantitative estimate of drug-likeness (QED) is 0.268. The van der Waals surface area contributed by atoms with Gasteiger partial charge in [0.25, 0.3) is 0 Å². The molecule has 0 aliphatic carbocycles. The van der Waals surface area contributed by atoms with Crippen molar-refractivity contribution in [2.75, 3.05) is 0 Å². The third-order valence-electron chi connectivity index (χ3n) is 4.96. The molecule has 0 aromatic heterocycles. The lowest BCUT2D eigenvalue weighted by molar-refractivity contribution is -0.163. The summed E-state index contributed by atoms with van der Waals surface area (Å²) in [6, 6.07) is 16.5. The first-order valence-corrected chi connectivity index (χ1v) is 11.4. The maximum Gasteiger partial charge on any atom is 0.420 e. The number of ether oxygens (including phenoxy) is 3. The largest absolute Gasteiger partial charge is 0.453 e. The number of rotatable bonds is 9. The lowest BCUT2D eigenvalue weighted by atomic mass is 9.98. The standard InChI is InChI=1S/C27H33NO7/c1-26(2,3)35-25(32)28(24(31)33-19-20-13-8-6-9-14-20)22(17-12-18-29)23(30)34-27(4,5)21-15-10-7-11-16-21/h6-11,13-16,18,22H,12,17,19H2,1-5H3/t22-/m0/s1. The van der Waals surface area contributed by atoms with E-state index in [0.29, 0.717) is 16.7 Å². The zero-order chi connectivity index (χ0) is 26.1. The zero-order valence-electron chi connectivity index (χ0n) is 20.9. The third kappa shape index (κ3) is 8.55. The van der Waals surface area contributed by atoms with E-state index < -0.39 is 35.4 Å². The molecule has 35 heavy (non-hydrogen) atoms. The molecule has 0 N–H and O–H groups in total. The summed E-state index contributed by atoms with van der Waals surface area (Å²) in [7, 11) is 0. The molecule has 0 unspecified atom stereocenters. The second-order valence-electron chi connectivity index (χ2n) is 9.45. The number of imide groups is 1. The van der Waals surface area contributed by atoms with Gasteiger partial charge in [0, 0.05) is 6.42 Å². The average molecular weight is 484 g/mol. The van der Waals surface area contributed by atoms with Crippen molar-refractivity contribution >= 4 is 24.4 Å². The van der Waals surface area contributed by atoms with Crippen LogP contribution in [0.1, 0.15) is 58.6 Å². The first-order chi connectivity index (χ1) is 16.4. The van der Waals surface area contributed by atoms with Crippen LogP contribution in [0, 0.1) is 0 Å². The molecule has 0 saturated heterocycles. The first-order valence-electron chi connectivity index (χ1n) is 11.4. The third-order valence-corrected chi connectivity index (χ3v) is 4.96. The summed E-state index contributed by atoms with van der Waals surface area (Å²) in [6.45, 7) is 8.18. The first kappa shape index (κ1) is 27.6. The van der Waals surface area contributed by atoms with Crippen molar-refractivity contribution in [3.63, 3.8) is 0 Å². The molecule has 2 aromatic rings. The number of nitrogens with zero attached hydrogens (tertiary/aromatic N) is 1. The minimum atomic E-state index is -1.43. The summed E-state index contributed by atoms with van der Waals surface area (Å²) >= 11 is 0. The second kappa shape index (κ2) is 12.1. The topological polar surface area (TPSA) is 99.2 Å². The molecule has 0 aliphatic heterocycles. The Labute approximate surface area is 206 Å². The van der Waals surface area contributed by atoms with E-state index in [1.807, 2.05) is 24.3 Å². The van der Waals surface area contributed by atoms with Crippen LogP contribution in [0.15, 0.2) is 60.7 Å². The Morgan fingerprint density at radius 1 is 0.857 bits per heavy atom. The molecule has 0 bridgehead atoms. The lowest BCUT2D eigenvalue weighted by Gasteiger charge is -2.33. The van der Waals surface area contributed by atoms with Crippen molar-refractivity contribution in [2.24, 2.45) is 0 Å². The van der Waals surface area contributed by atoms with Crippen LogP contribution in [0.5, 0.6) is 0 Å². The predicted octanol–water partition coefficient (Wildman–Crippen LogP) is 5.39. The number of hydrogen-bond donors (Lipinski definition) is 0. The monoisotopic (exact) mass is 483 g/mol. The molecule has 8 nitrogen and oxygen atoms in total. The second-order valence-corrected chi connectivity index (χ2v) is 9.45. The maximum atomic E-state index is 13.3. The van der Waals surface area contributed by atoms with Crippen LogP contribution < -0.4 is 0 Å². The van der Waals surface area contributed by atoms with E-state index in [-0.39, 0.29) is 19.4 Å². The highest BCUT2D eigenvalue weighted by Gasteiger charge is 2.41. The Morgan fingerprint density at radius 2 is 1.43 bits per heavy atom. The maximum absolute atomic E-state index is 13.3. The number of aldehydes is 1. The van der Waals surface area contributed by atoms with E-state index in [1.54, 1.807) is 71.0 Å². The minimum Gasteiger partial charge on any atom is -0.453 e. The molecule has 0 aliphatic rings. The van der Waals surface area contributed by atoms with Crippen LogP contribution in [0.2, 0.25) is 0 Å². The van der Waals surface area contributed by atoms with Gasteiger partial charge in [-0.25, -0.2) is 14.4 Å². The van der Waals surface area contributed by atoms with E-state index in [2.05, 4.69) is 0 Å². The smallest absolute Gasteiger partial charge is 0.420 e. The molecule has 8 heteroatoms. The Bertz CT molecular complexity index is 997. The summed E-state index contributed by atoms with van der Waals surface area (Å²) in [6.07, 6.45) is -1.77. The van der Waals surface area contributed by atoms with E-state index in [0.717, 1.165) is 5.56 Å². The fraction of sp³-hybridized carbons (Fsp3) is 0.407. The van der Waals surface area contributed by atoms with Crippen molar-refractivity contribution in [3.8, 4) is 0 Å². The van der Waals surface area contributed by atoms with Crippen molar-refractivity contribution in [1.29, 1.82) is 0 Å². The van der Waals surface area contributed by atoms with Gasteiger partial charge in [0.2, 0.25) is 0 Å². The zero-order valence-corrected chi connectivity index (χ0v) is 20.9. The van der Waals surface area contributed by atoms with Crippen LogP contribution in [-0.4, -0.2) is 41.0 Å². The number of hydrogen-bond acceptors (Lipinski definition) is 7. The highest BCUT2D eigenvalue weighted by Crippen LogP contribution is 2.27. The van der Waals surface area contributed by atoms with Gasteiger partial charge in [-0.05, 0) is 52.2 Å². The van der Waals surface area contributed by atoms with Crippen LogP contribution in [0.25, 0.3) is 0 Å². The van der Waals surface area contributed by atoms with Crippen LogP contribution in [-0.2, 0) is 36.0 Å². The summed E-state index contributed by atoms with van der Waals surface area (Å²) in [5.74, 6) is -0.858. The molecule has 0 saturated carbocycles. The van der Waals surface area contributed by atoms with E-state index in [4.69, 9.17) is 14.2 Å². The summed E-state index contributed by atoms with van der Waals surface area (Å²) in [5, 5.41) is 0. The lowest BCUT2D eigenvalue weighted by Crippen LogP contribution is -2.52. The molecule has 0 spiro atoms. The molecule has 2 rings (SSSR count). The summed E-state index contributed by atoms with van der Waals surface area (Å²) < 4.78 is 16.5. The Morgan fingerprint density at radius 3 is 1.97 bits per heavy atom. The Hall–Kier alpha value is -3.68. The van der Waals surface area contributed by atoms with Crippen LogP contribution in [0.4, 0.5) is 9.59 Å². The molecular weight excluding hydrogens is 450 g/mol. The number of carbonyl (C=O) groups is 4. The fourth-order valence-corrected chi connectivity index (χ4v) is 3.23. The molecule has 0 fully saturated rings. The predicted molar refractivity (Wildman–Crippen MR) is 129 cm³/mol. The van der Waals surface area contributed by atoms with E-state index in [1.165, 1.54) is 0 Å². The molecule has 0 heterocycles. The SMILES string of the molecule is CC(C)(C)OC(=O)N(C(=O)OCc1ccccc1)[C@@H](CCC=O)C(=O)OC(C)(C)c1ccccc1. The normalized spacial score (nSPS) is 12.3. The van der Waals surface area contributed by atoms with Crippen molar-refractivity contribution < 1.29 is 33.4 Å². The number of carbonyl (C=O) groups excluding carboxylic acids is 4. The number of esters is 1. The Balaban J connectivity index is 2.35. The van der Waals surface area contributed by atoms with Crippen LogP contribution >= 0.6 is 0 Å². The molecule has 2 amide bonds. The highest BCUT2D eigenvalue weighted by molar-refractivity contribution is 5.94. The van der Waals surface area contributed by atoms with Gasteiger partial charge in [0.05, 0.1) is 0 Å². The van der Waals surface area contributed by atoms with Gasteiger partial charge < -0.3 is 19.0 Å². The summed E-state index contributed by atoms with van der Waals surface area (Å²) in [4.78, 5) is 51.2. The Kier molecular flexibility index (Phi) is 9.57. The number of benzene rings is 2. The molecule has 0 radical (unpaired) electrons. The highest BCUT2D eigenvalue weighted by atomic mass is 16.6. The van der Waals surface area contributed by atoms with Crippen molar-refractivity contribution in [2.45, 2.75) is 71.3 Å². The van der Waals surface area contributed by atoms with Gasteiger partial charge in [-0.1, -0.05) is 60.7 Å². The van der Waals surface area contributed by atoms with Gasteiger partial charge in [-0.3, -0.25) is 0 Å². The van der Waals surface area contributed by atoms with Crippen molar-refractivity contribution in [3.05, 3.63) is 71.8 Å². The van der Waals surface area contributed by atoms with E-state index >= 15 is 0 Å². The van der Waals surface area contributed by atoms with Gasteiger partial charge in [0.15, 0.2) is 0 Å². The van der Waals surface area contributed by atoms with Gasteiger partial charge in [-0.2, -0.15) is 4.90 Å². The van der Waals surface area contributed by atoms with Gasteiger partial charge in [-0.15, -0.1) is 0 Å². The fourth-order valence-electron chi connectivity index (χ4n) is 3.23. The summed E-state index contributed by atoms with van der Waals surface area (Å²) in [5.41, 5.74) is -0.594. The van der Waals surface area contributed by atoms with E-state index in [9.17, 15) is 19.2 Å². The van der Waals surface area contributed by atoms with Gasteiger partial charge >= 0.3 is 18.2 Å².